The molecule has 0 aromatic heterocycles. The number of para-hydroxylation sites is 1. The van der Waals surface area contributed by atoms with Crippen LogP contribution in [0.2, 0.25) is 0 Å². The molecule has 6 heteroatoms. The number of carbonyl (C=O) groups is 2. The van der Waals surface area contributed by atoms with Gasteiger partial charge in [-0.2, -0.15) is 0 Å². The van der Waals surface area contributed by atoms with Crippen molar-refractivity contribution in [2.45, 2.75) is 38.6 Å². The Hall–Kier alpha value is -2.70. The predicted octanol–water partition coefficient (Wildman–Crippen LogP) is 3.14. The fourth-order valence-electron chi connectivity index (χ4n) is 3.00. The summed E-state index contributed by atoms with van der Waals surface area (Å²) in [6.45, 7) is 3.25. The van der Waals surface area contributed by atoms with Crippen LogP contribution < -0.4 is 10.6 Å². The topological polar surface area (TPSA) is 76.7 Å². The van der Waals surface area contributed by atoms with Gasteiger partial charge in [0.2, 0.25) is 0 Å². The van der Waals surface area contributed by atoms with Crippen molar-refractivity contribution >= 4 is 17.5 Å². The molecule has 2 aromatic rings. The summed E-state index contributed by atoms with van der Waals surface area (Å²) in [7, 11) is 0. The average Bonchev–Trinajstić information content (AvgIpc) is 3.25. The van der Waals surface area contributed by atoms with Crippen molar-refractivity contribution in [2.24, 2.45) is 0 Å². The number of nitrogens with one attached hydrogen (secondary N) is 2. The van der Waals surface area contributed by atoms with Gasteiger partial charge in [-0.3, -0.25) is 9.59 Å². The molecule has 0 aliphatic carbocycles. The third-order valence-corrected chi connectivity index (χ3v) is 4.66. The number of anilines is 1. The van der Waals surface area contributed by atoms with Crippen molar-refractivity contribution in [1.82, 2.24) is 5.32 Å². The van der Waals surface area contributed by atoms with E-state index in [4.69, 9.17) is 9.47 Å². The standard InChI is InChI=1S/C22H26N2O4/c1-16(28-15-17-8-3-2-4-9-17)21(25)24-20-12-6-5-11-19(20)22(26)23-14-18-10-7-13-27-18/h2-6,8-9,11-12,16,18H,7,10,13-15H2,1H3,(H,23,26)(H,24,25). The molecule has 28 heavy (non-hydrogen) atoms. The number of hydrogen-bond acceptors (Lipinski definition) is 4. The monoisotopic (exact) mass is 382 g/mol. The Morgan fingerprint density at radius 3 is 2.64 bits per heavy atom. The van der Waals surface area contributed by atoms with Gasteiger partial charge in [0.1, 0.15) is 6.10 Å². The smallest absolute Gasteiger partial charge is 0.253 e. The molecule has 2 atom stereocenters. The highest BCUT2D eigenvalue weighted by Gasteiger charge is 2.20. The normalized spacial score (nSPS) is 17.1. The summed E-state index contributed by atoms with van der Waals surface area (Å²) in [5.74, 6) is -0.528. The number of carbonyl (C=O) groups excluding carboxylic acids is 2. The van der Waals surface area contributed by atoms with Crippen molar-refractivity contribution in [1.29, 1.82) is 0 Å². The van der Waals surface area contributed by atoms with E-state index in [9.17, 15) is 9.59 Å². The number of hydrogen-bond donors (Lipinski definition) is 2. The lowest BCUT2D eigenvalue weighted by Gasteiger charge is -2.16. The first kappa shape index (κ1) is 20.0. The van der Waals surface area contributed by atoms with Crippen LogP contribution in [0.15, 0.2) is 54.6 Å². The van der Waals surface area contributed by atoms with Crippen LogP contribution in [0.3, 0.4) is 0 Å². The zero-order valence-corrected chi connectivity index (χ0v) is 16.0. The van der Waals surface area contributed by atoms with E-state index < -0.39 is 6.10 Å². The molecule has 1 aliphatic heterocycles. The van der Waals surface area contributed by atoms with Gasteiger partial charge in [0.05, 0.1) is 24.0 Å². The summed E-state index contributed by atoms with van der Waals surface area (Å²) in [4.78, 5) is 25.0. The van der Waals surface area contributed by atoms with Gasteiger partial charge in [-0.25, -0.2) is 0 Å². The summed E-state index contributed by atoms with van der Waals surface area (Å²) < 4.78 is 11.2. The predicted molar refractivity (Wildman–Crippen MR) is 107 cm³/mol. The van der Waals surface area contributed by atoms with Crippen LogP contribution >= 0.6 is 0 Å². The van der Waals surface area contributed by atoms with E-state index in [0.29, 0.717) is 24.4 Å². The lowest BCUT2D eigenvalue weighted by Crippen LogP contribution is -2.33. The fraction of sp³-hybridized carbons (Fsp3) is 0.364. The van der Waals surface area contributed by atoms with E-state index in [2.05, 4.69) is 10.6 Å². The minimum absolute atomic E-state index is 0.0668. The largest absolute Gasteiger partial charge is 0.376 e. The van der Waals surface area contributed by atoms with Gasteiger partial charge >= 0.3 is 0 Å². The van der Waals surface area contributed by atoms with Gasteiger partial charge in [0.15, 0.2) is 0 Å². The second-order valence-electron chi connectivity index (χ2n) is 6.82. The Labute approximate surface area is 165 Å². The molecule has 1 saturated heterocycles. The molecule has 2 N–H and O–H groups in total. The Balaban J connectivity index is 1.55. The highest BCUT2D eigenvalue weighted by Crippen LogP contribution is 2.17. The third kappa shape index (κ3) is 5.65. The minimum atomic E-state index is -0.650. The van der Waals surface area contributed by atoms with Crippen LogP contribution in [0.5, 0.6) is 0 Å². The molecule has 0 radical (unpaired) electrons. The van der Waals surface area contributed by atoms with Crippen LogP contribution in [0.4, 0.5) is 5.69 Å². The Morgan fingerprint density at radius 2 is 1.89 bits per heavy atom. The van der Waals surface area contributed by atoms with Crippen LogP contribution in [-0.2, 0) is 20.9 Å². The molecule has 148 valence electrons. The maximum Gasteiger partial charge on any atom is 0.253 e. The Morgan fingerprint density at radius 1 is 1.14 bits per heavy atom. The van der Waals surface area contributed by atoms with E-state index in [0.717, 1.165) is 25.0 Å². The molecule has 6 nitrogen and oxygen atoms in total. The van der Waals surface area contributed by atoms with Crippen LogP contribution in [0, 0.1) is 0 Å². The van der Waals surface area contributed by atoms with Gasteiger partial charge in [0.25, 0.3) is 11.8 Å². The maximum absolute atomic E-state index is 12.5. The highest BCUT2D eigenvalue weighted by molar-refractivity contribution is 6.04. The van der Waals surface area contributed by atoms with Crippen molar-refractivity contribution < 1.29 is 19.1 Å². The van der Waals surface area contributed by atoms with E-state index >= 15 is 0 Å². The molecule has 2 amide bonds. The SMILES string of the molecule is CC(OCc1ccccc1)C(=O)Nc1ccccc1C(=O)NCC1CCCO1. The molecule has 3 rings (SSSR count). The van der Waals surface area contributed by atoms with Gasteiger partial charge in [-0.05, 0) is 37.5 Å². The van der Waals surface area contributed by atoms with Crippen LogP contribution in [-0.4, -0.2) is 37.2 Å². The van der Waals surface area contributed by atoms with Crippen molar-refractivity contribution in [3.8, 4) is 0 Å². The molecule has 0 saturated carbocycles. The summed E-state index contributed by atoms with van der Waals surface area (Å²) in [6, 6.07) is 16.6. The molecule has 2 unspecified atom stereocenters. The maximum atomic E-state index is 12.5. The zero-order valence-electron chi connectivity index (χ0n) is 16.0. The van der Waals surface area contributed by atoms with Gasteiger partial charge in [0, 0.05) is 13.2 Å². The lowest BCUT2D eigenvalue weighted by molar-refractivity contribution is -0.127. The van der Waals surface area contributed by atoms with Gasteiger partial charge in [-0.1, -0.05) is 42.5 Å². The van der Waals surface area contributed by atoms with E-state index in [1.807, 2.05) is 30.3 Å². The van der Waals surface area contributed by atoms with Crippen molar-refractivity contribution in [3.63, 3.8) is 0 Å². The van der Waals surface area contributed by atoms with Crippen molar-refractivity contribution in [2.75, 3.05) is 18.5 Å². The first-order chi connectivity index (χ1) is 13.6. The van der Waals surface area contributed by atoms with E-state index in [1.54, 1.807) is 31.2 Å². The molecular weight excluding hydrogens is 356 g/mol. The average molecular weight is 382 g/mol. The summed E-state index contributed by atoms with van der Waals surface area (Å²) in [5.41, 5.74) is 1.88. The lowest BCUT2D eigenvalue weighted by atomic mass is 10.1. The van der Waals surface area contributed by atoms with Gasteiger partial charge < -0.3 is 20.1 Å². The molecule has 2 aromatic carbocycles. The molecule has 1 fully saturated rings. The second kappa shape index (κ2) is 10.0. The third-order valence-electron chi connectivity index (χ3n) is 4.66. The summed E-state index contributed by atoms with van der Waals surface area (Å²) in [6.07, 6.45) is 1.39. The second-order valence-corrected chi connectivity index (χ2v) is 6.82. The van der Waals surface area contributed by atoms with E-state index in [1.165, 1.54) is 0 Å². The zero-order chi connectivity index (χ0) is 19.8. The van der Waals surface area contributed by atoms with Crippen molar-refractivity contribution in [3.05, 3.63) is 65.7 Å². The first-order valence-corrected chi connectivity index (χ1v) is 9.58. The number of ether oxygens (including phenoxy) is 2. The summed E-state index contributed by atoms with van der Waals surface area (Å²) >= 11 is 0. The molecular formula is C22H26N2O4. The van der Waals surface area contributed by atoms with Crippen LogP contribution in [0.25, 0.3) is 0 Å². The fourth-order valence-corrected chi connectivity index (χ4v) is 3.00. The Bertz CT molecular complexity index is 788. The molecule has 1 aliphatic rings. The minimum Gasteiger partial charge on any atom is -0.376 e. The van der Waals surface area contributed by atoms with Crippen LogP contribution in [0.1, 0.15) is 35.7 Å². The number of benzene rings is 2. The van der Waals surface area contributed by atoms with Gasteiger partial charge in [-0.15, -0.1) is 0 Å². The number of rotatable bonds is 8. The van der Waals surface area contributed by atoms with E-state index in [-0.39, 0.29) is 17.9 Å². The quantitative estimate of drug-likeness (QED) is 0.735. The summed E-state index contributed by atoms with van der Waals surface area (Å²) in [5, 5.41) is 5.68. The Kier molecular flexibility index (Phi) is 7.17. The highest BCUT2D eigenvalue weighted by atomic mass is 16.5. The molecule has 1 heterocycles. The molecule has 0 bridgehead atoms. The molecule has 0 spiro atoms. The first-order valence-electron chi connectivity index (χ1n) is 9.58. The number of amides is 2.